The molecule has 1 fully saturated rings. The fourth-order valence-electron chi connectivity index (χ4n) is 2.12. The molecule has 0 unspecified atom stereocenters. The maximum atomic E-state index is 5.41. The summed E-state index contributed by atoms with van der Waals surface area (Å²) in [4.78, 5) is 3.41. The van der Waals surface area contributed by atoms with Gasteiger partial charge < -0.3 is 14.5 Å². The van der Waals surface area contributed by atoms with E-state index in [1.807, 2.05) is 6.07 Å². The number of aromatic nitrogens is 1. The van der Waals surface area contributed by atoms with Gasteiger partial charge in [-0.1, -0.05) is 18.2 Å². The van der Waals surface area contributed by atoms with Gasteiger partial charge in [-0.3, -0.25) is 0 Å². The standard InChI is InChI=1S/C13H15NO2/c1-2-4-12-10(3-1)9-11(14-12)5-6-13-15-7-8-16-13/h1-4,9,13-14H,5-8H2. The number of H-pyrrole nitrogens is 1. The maximum Gasteiger partial charge on any atom is 0.158 e. The minimum absolute atomic E-state index is 0.00795. The van der Waals surface area contributed by atoms with E-state index in [2.05, 4.69) is 29.2 Å². The smallest absolute Gasteiger partial charge is 0.158 e. The lowest BCUT2D eigenvalue weighted by Gasteiger charge is -2.06. The number of benzene rings is 1. The summed E-state index contributed by atoms with van der Waals surface area (Å²) < 4.78 is 10.8. The van der Waals surface area contributed by atoms with E-state index < -0.39 is 0 Å². The summed E-state index contributed by atoms with van der Waals surface area (Å²) in [6.45, 7) is 1.47. The highest BCUT2D eigenvalue weighted by atomic mass is 16.7. The molecule has 16 heavy (non-hydrogen) atoms. The van der Waals surface area contributed by atoms with Gasteiger partial charge in [-0.15, -0.1) is 0 Å². The van der Waals surface area contributed by atoms with Crippen LogP contribution in [0, 0.1) is 0 Å². The van der Waals surface area contributed by atoms with Crippen LogP contribution in [0.25, 0.3) is 10.9 Å². The lowest BCUT2D eigenvalue weighted by Crippen LogP contribution is -2.08. The van der Waals surface area contributed by atoms with Crippen molar-refractivity contribution in [1.82, 2.24) is 4.98 Å². The van der Waals surface area contributed by atoms with Crippen molar-refractivity contribution in [1.29, 1.82) is 0 Å². The van der Waals surface area contributed by atoms with Gasteiger partial charge >= 0.3 is 0 Å². The van der Waals surface area contributed by atoms with Crippen LogP contribution in [0.1, 0.15) is 12.1 Å². The quantitative estimate of drug-likeness (QED) is 0.857. The normalized spacial score (nSPS) is 17.2. The summed E-state index contributed by atoms with van der Waals surface area (Å²) in [5.41, 5.74) is 2.45. The van der Waals surface area contributed by atoms with Gasteiger partial charge in [-0.05, 0) is 23.9 Å². The first-order valence-corrected chi connectivity index (χ1v) is 5.72. The maximum absolute atomic E-state index is 5.41. The van der Waals surface area contributed by atoms with E-state index >= 15 is 0 Å². The molecule has 1 saturated heterocycles. The second-order valence-corrected chi connectivity index (χ2v) is 4.09. The molecule has 0 spiro atoms. The van der Waals surface area contributed by atoms with Gasteiger partial charge in [0.05, 0.1) is 13.2 Å². The fraction of sp³-hybridized carbons (Fsp3) is 0.385. The Bertz CT molecular complexity index is 438. The molecule has 3 heteroatoms. The molecule has 1 aromatic heterocycles. The van der Waals surface area contributed by atoms with E-state index in [-0.39, 0.29) is 6.29 Å². The summed E-state index contributed by atoms with van der Waals surface area (Å²) >= 11 is 0. The van der Waals surface area contributed by atoms with Crippen molar-refractivity contribution in [2.45, 2.75) is 19.1 Å². The Morgan fingerprint density at radius 3 is 2.81 bits per heavy atom. The van der Waals surface area contributed by atoms with Gasteiger partial charge in [0.25, 0.3) is 0 Å². The zero-order valence-corrected chi connectivity index (χ0v) is 9.11. The monoisotopic (exact) mass is 217 g/mol. The third-order valence-electron chi connectivity index (χ3n) is 2.93. The zero-order chi connectivity index (χ0) is 10.8. The van der Waals surface area contributed by atoms with Crippen LogP contribution in [-0.2, 0) is 15.9 Å². The Morgan fingerprint density at radius 2 is 2.00 bits per heavy atom. The molecule has 2 aromatic rings. The van der Waals surface area contributed by atoms with Crippen LogP contribution in [0.15, 0.2) is 30.3 Å². The predicted molar refractivity (Wildman–Crippen MR) is 62.3 cm³/mol. The van der Waals surface area contributed by atoms with E-state index in [0.29, 0.717) is 0 Å². The van der Waals surface area contributed by atoms with Crippen LogP contribution in [0.5, 0.6) is 0 Å². The molecule has 1 aromatic carbocycles. The van der Waals surface area contributed by atoms with Gasteiger partial charge in [-0.2, -0.15) is 0 Å². The number of ether oxygens (including phenoxy) is 2. The number of aromatic amines is 1. The van der Waals surface area contributed by atoms with Gasteiger partial charge in [-0.25, -0.2) is 0 Å². The average molecular weight is 217 g/mol. The molecular formula is C13H15NO2. The second-order valence-electron chi connectivity index (χ2n) is 4.09. The topological polar surface area (TPSA) is 34.2 Å². The van der Waals surface area contributed by atoms with Crippen LogP contribution in [0.4, 0.5) is 0 Å². The van der Waals surface area contributed by atoms with Crippen molar-refractivity contribution in [3.05, 3.63) is 36.0 Å². The third kappa shape index (κ3) is 1.96. The number of para-hydroxylation sites is 1. The van der Waals surface area contributed by atoms with E-state index in [9.17, 15) is 0 Å². The molecule has 0 radical (unpaired) electrons. The molecule has 2 heterocycles. The van der Waals surface area contributed by atoms with E-state index in [4.69, 9.17) is 9.47 Å². The molecule has 0 saturated carbocycles. The molecule has 3 rings (SSSR count). The van der Waals surface area contributed by atoms with Crippen LogP contribution in [-0.4, -0.2) is 24.5 Å². The van der Waals surface area contributed by atoms with Gasteiger partial charge in [0, 0.05) is 17.6 Å². The van der Waals surface area contributed by atoms with Crippen LogP contribution in [0.3, 0.4) is 0 Å². The Balaban J connectivity index is 1.69. The minimum Gasteiger partial charge on any atom is -0.358 e. The first-order chi connectivity index (χ1) is 7.92. The molecule has 3 nitrogen and oxygen atoms in total. The van der Waals surface area contributed by atoms with Crippen LogP contribution in [0.2, 0.25) is 0 Å². The van der Waals surface area contributed by atoms with Crippen molar-refractivity contribution in [3.8, 4) is 0 Å². The highest BCUT2D eigenvalue weighted by Crippen LogP contribution is 2.17. The van der Waals surface area contributed by atoms with Crippen molar-refractivity contribution in [3.63, 3.8) is 0 Å². The molecule has 0 amide bonds. The molecule has 1 N–H and O–H groups in total. The van der Waals surface area contributed by atoms with Crippen molar-refractivity contribution >= 4 is 10.9 Å². The van der Waals surface area contributed by atoms with Gasteiger partial charge in [0.1, 0.15) is 0 Å². The fourth-order valence-corrected chi connectivity index (χ4v) is 2.12. The number of rotatable bonds is 3. The summed E-state index contributed by atoms with van der Waals surface area (Å²) in [7, 11) is 0. The number of hydrogen-bond acceptors (Lipinski definition) is 2. The summed E-state index contributed by atoms with van der Waals surface area (Å²) in [5, 5.41) is 1.27. The average Bonchev–Trinajstić information content (AvgIpc) is 2.95. The molecule has 0 aliphatic carbocycles. The summed E-state index contributed by atoms with van der Waals surface area (Å²) in [6.07, 6.45) is 1.89. The Labute approximate surface area is 94.4 Å². The Hall–Kier alpha value is -1.32. The van der Waals surface area contributed by atoms with E-state index in [0.717, 1.165) is 26.1 Å². The number of nitrogens with one attached hydrogen (secondary N) is 1. The highest BCUT2D eigenvalue weighted by Gasteiger charge is 2.15. The minimum atomic E-state index is -0.00795. The molecule has 84 valence electrons. The molecule has 0 bridgehead atoms. The molecule has 0 atom stereocenters. The van der Waals surface area contributed by atoms with Crippen molar-refractivity contribution < 1.29 is 9.47 Å². The van der Waals surface area contributed by atoms with Crippen molar-refractivity contribution in [2.75, 3.05) is 13.2 Å². The predicted octanol–water partition coefficient (Wildman–Crippen LogP) is 2.47. The Morgan fingerprint density at radius 1 is 1.19 bits per heavy atom. The van der Waals surface area contributed by atoms with Crippen LogP contribution < -0.4 is 0 Å². The summed E-state index contributed by atoms with van der Waals surface area (Å²) in [6, 6.07) is 10.5. The van der Waals surface area contributed by atoms with Gasteiger partial charge in [0.15, 0.2) is 6.29 Å². The molecule has 1 aliphatic heterocycles. The highest BCUT2D eigenvalue weighted by molar-refractivity contribution is 5.80. The van der Waals surface area contributed by atoms with E-state index in [1.165, 1.54) is 16.6 Å². The summed E-state index contributed by atoms with van der Waals surface area (Å²) in [5.74, 6) is 0. The number of hydrogen-bond donors (Lipinski definition) is 1. The Kier molecular flexibility index (Phi) is 2.64. The first kappa shape index (κ1) is 9.87. The lowest BCUT2D eigenvalue weighted by atomic mass is 10.2. The van der Waals surface area contributed by atoms with Crippen molar-refractivity contribution in [2.24, 2.45) is 0 Å². The largest absolute Gasteiger partial charge is 0.358 e. The molecule has 1 aliphatic rings. The van der Waals surface area contributed by atoms with Gasteiger partial charge in [0.2, 0.25) is 0 Å². The lowest BCUT2D eigenvalue weighted by molar-refractivity contribution is -0.0463. The molecular weight excluding hydrogens is 202 g/mol. The second kappa shape index (κ2) is 4.28. The SMILES string of the molecule is c1ccc2[nH]c(CCC3OCCO3)cc2c1. The van der Waals surface area contributed by atoms with E-state index in [1.54, 1.807) is 0 Å². The van der Waals surface area contributed by atoms with Crippen LogP contribution >= 0.6 is 0 Å². The number of aryl methyl sites for hydroxylation is 1. The third-order valence-corrected chi connectivity index (χ3v) is 2.93. The number of fused-ring (bicyclic) bond motifs is 1. The zero-order valence-electron chi connectivity index (χ0n) is 9.11. The first-order valence-electron chi connectivity index (χ1n) is 5.72.